The molecular weight excluding hydrogens is 239 g/mol. The molecule has 2 nitrogen and oxygen atoms in total. The van der Waals surface area contributed by atoms with E-state index >= 15 is 0 Å². The summed E-state index contributed by atoms with van der Waals surface area (Å²) in [6.07, 6.45) is -7.28. The lowest BCUT2D eigenvalue weighted by Crippen LogP contribution is -2.43. The Labute approximate surface area is 89.2 Å². The van der Waals surface area contributed by atoms with Gasteiger partial charge >= 0.3 is 6.18 Å². The van der Waals surface area contributed by atoms with Crippen molar-refractivity contribution in [2.45, 2.75) is 12.6 Å². The summed E-state index contributed by atoms with van der Waals surface area (Å²) in [6.45, 7) is -1.39. The summed E-state index contributed by atoms with van der Waals surface area (Å²) in [5, 5.41) is 0. The predicted octanol–water partition coefficient (Wildman–Crippen LogP) is 1.65. The minimum atomic E-state index is -4.60. The SMILES string of the molecule is CN(CC(F)F)CC(C(N)=S)C(F)(F)F. The van der Waals surface area contributed by atoms with Crippen LogP contribution in [0.2, 0.25) is 0 Å². The van der Waals surface area contributed by atoms with Gasteiger partial charge in [-0.15, -0.1) is 0 Å². The smallest absolute Gasteiger partial charge is 0.393 e. The van der Waals surface area contributed by atoms with Crippen molar-refractivity contribution in [3.05, 3.63) is 0 Å². The van der Waals surface area contributed by atoms with Crippen molar-refractivity contribution >= 4 is 17.2 Å². The van der Waals surface area contributed by atoms with E-state index in [0.29, 0.717) is 0 Å². The molecule has 0 radical (unpaired) electrons. The highest BCUT2D eigenvalue weighted by Gasteiger charge is 2.42. The first-order chi connectivity index (χ1) is 6.64. The molecular formula is C7H11F5N2S. The van der Waals surface area contributed by atoms with Gasteiger partial charge < -0.3 is 5.73 Å². The fourth-order valence-electron chi connectivity index (χ4n) is 0.977. The molecule has 0 fully saturated rings. The zero-order valence-corrected chi connectivity index (χ0v) is 8.71. The molecule has 0 rings (SSSR count). The Morgan fingerprint density at radius 3 is 2.07 bits per heavy atom. The van der Waals surface area contributed by atoms with Crippen molar-refractivity contribution in [1.29, 1.82) is 0 Å². The Hall–Kier alpha value is -0.500. The van der Waals surface area contributed by atoms with Crippen molar-refractivity contribution in [3.63, 3.8) is 0 Å². The van der Waals surface area contributed by atoms with E-state index in [0.717, 1.165) is 11.9 Å². The van der Waals surface area contributed by atoms with E-state index in [1.54, 1.807) is 0 Å². The molecule has 0 bridgehead atoms. The van der Waals surface area contributed by atoms with Crippen LogP contribution >= 0.6 is 12.2 Å². The summed E-state index contributed by atoms with van der Waals surface area (Å²) in [5.41, 5.74) is 4.90. The number of alkyl halides is 5. The molecule has 0 saturated heterocycles. The molecule has 0 aromatic rings. The second-order valence-electron chi connectivity index (χ2n) is 3.11. The molecule has 2 N–H and O–H groups in total. The van der Waals surface area contributed by atoms with Crippen molar-refractivity contribution in [1.82, 2.24) is 4.90 Å². The third-order valence-corrected chi connectivity index (χ3v) is 1.97. The maximum Gasteiger partial charge on any atom is 0.399 e. The summed E-state index contributed by atoms with van der Waals surface area (Å²) in [5.74, 6) is -2.05. The van der Waals surface area contributed by atoms with Crippen LogP contribution in [0.4, 0.5) is 22.0 Å². The van der Waals surface area contributed by atoms with E-state index in [4.69, 9.17) is 5.73 Å². The number of thiocarbonyl (C=S) groups is 1. The van der Waals surface area contributed by atoms with E-state index in [2.05, 4.69) is 12.2 Å². The highest BCUT2D eigenvalue weighted by atomic mass is 32.1. The number of halogens is 5. The summed E-state index contributed by atoms with van der Waals surface area (Å²) >= 11 is 4.24. The molecule has 0 aliphatic heterocycles. The molecule has 0 aliphatic carbocycles. The number of hydrogen-bond acceptors (Lipinski definition) is 2. The number of nitrogens with zero attached hydrogens (tertiary/aromatic N) is 1. The predicted molar refractivity (Wildman–Crippen MR) is 49.8 cm³/mol. The summed E-state index contributed by atoms with van der Waals surface area (Å²) in [6, 6.07) is 0. The van der Waals surface area contributed by atoms with Crippen LogP contribution in [0, 0.1) is 5.92 Å². The van der Waals surface area contributed by atoms with E-state index in [1.807, 2.05) is 0 Å². The van der Waals surface area contributed by atoms with Crippen LogP contribution in [0.15, 0.2) is 0 Å². The van der Waals surface area contributed by atoms with Gasteiger partial charge in [-0.25, -0.2) is 8.78 Å². The topological polar surface area (TPSA) is 29.3 Å². The van der Waals surface area contributed by atoms with Gasteiger partial charge in [0.25, 0.3) is 6.43 Å². The molecule has 1 unspecified atom stereocenters. The van der Waals surface area contributed by atoms with Crippen LogP contribution in [0.25, 0.3) is 0 Å². The molecule has 0 aliphatic rings. The molecule has 1 atom stereocenters. The van der Waals surface area contributed by atoms with Crippen molar-refractivity contribution in [3.8, 4) is 0 Å². The summed E-state index contributed by atoms with van der Waals surface area (Å²) in [4.78, 5) is 0.116. The maximum absolute atomic E-state index is 12.3. The third kappa shape index (κ3) is 5.83. The van der Waals surface area contributed by atoms with E-state index in [-0.39, 0.29) is 0 Å². The highest BCUT2D eigenvalue weighted by Crippen LogP contribution is 2.27. The fraction of sp³-hybridized carbons (Fsp3) is 0.857. The first-order valence-corrected chi connectivity index (χ1v) is 4.38. The van der Waals surface area contributed by atoms with Gasteiger partial charge in [0, 0.05) is 6.54 Å². The van der Waals surface area contributed by atoms with Gasteiger partial charge in [-0.05, 0) is 7.05 Å². The Bertz CT molecular complexity index is 218. The van der Waals surface area contributed by atoms with E-state index in [1.165, 1.54) is 0 Å². The Morgan fingerprint density at radius 2 is 1.80 bits per heavy atom. The van der Waals surface area contributed by atoms with Crippen LogP contribution in [-0.2, 0) is 0 Å². The largest absolute Gasteiger partial charge is 0.399 e. The van der Waals surface area contributed by atoms with Gasteiger partial charge in [-0.2, -0.15) is 13.2 Å². The van der Waals surface area contributed by atoms with E-state index in [9.17, 15) is 22.0 Å². The second kappa shape index (κ2) is 5.55. The maximum atomic E-state index is 12.3. The van der Waals surface area contributed by atoms with Crippen molar-refractivity contribution in [2.24, 2.45) is 11.7 Å². The van der Waals surface area contributed by atoms with Gasteiger partial charge in [0.05, 0.1) is 11.5 Å². The lowest BCUT2D eigenvalue weighted by atomic mass is 10.1. The molecule has 0 heterocycles. The van der Waals surface area contributed by atoms with Gasteiger partial charge in [-0.3, -0.25) is 4.90 Å². The van der Waals surface area contributed by atoms with Gasteiger partial charge in [-0.1, -0.05) is 12.2 Å². The van der Waals surface area contributed by atoms with Gasteiger partial charge in [0.2, 0.25) is 0 Å². The van der Waals surface area contributed by atoms with Crippen LogP contribution < -0.4 is 5.73 Å². The zero-order valence-electron chi connectivity index (χ0n) is 7.89. The van der Waals surface area contributed by atoms with Gasteiger partial charge in [0.15, 0.2) is 0 Å². The molecule has 90 valence electrons. The Balaban J connectivity index is 4.37. The first-order valence-electron chi connectivity index (χ1n) is 3.97. The normalized spacial score (nSPS) is 14.7. The molecule has 0 saturated carbocycles. The second-order valence-corrected chi connectivity index (χ2v) is 3.58. The molecule has 0 aromatic heterocycles. The number of nitrogens with two attached hydrogens (primary N) is 1. The zero-order chi connectivity index (χ0) is 12.2. The Kier molecular flexibility index (Phi) is 5.36. The monoisotopic (exact) mass is 250 g/mol. The van der Waals surface area contributed by atoms with Crippen LogP contribution in [0.1, 0.15) is 0 Å². The number of rotatable bonds is 5. The molecule has 15 heavy (non-hydrogen) atoms. The first kappa shape index (κ1) is 14.5. The van der Waals surface area contributed by atoms with E-state index < -0.39 is 36.6 Å². The van der Waals surface area contributed by atoms with Gasteiger partial charge in [0.1, 0.15) is 5.92 Å². The van der Waals surface area contributed by atoms with Crippen LogP contribution in [0.5, 0.6) is 0 Å². The van der Waals surface area contributed by atoms with Crippen molar-refractivity contribution < 1.29 is 22.0 Å². The average Bonchev–Trinajstić information content (AvgIpc) is 1.95. The molecule has 8 heteroatoms. The van der Waals surface area contributed by atoms with Crippen molar-refractivity contribution in [2.75, 3.05) is 20.1 Å². The fourth-order valence-corrected chi connectivity index (χ4v) is 1.18. The average molecular weight is 250 g/mol. The highest BCUT2D eigenvalue weighted by molar-refractivity contribution is 7.80. The minimum absolute atomic E-state index is 0.650. The molecule has 0 aromatic carbocycles. The lowest BCUT2D eigenvalue weighted by Gasteiger charge is -2.24. The lowest BCUT2D eigenvalue weighted by molar-refractivity contribution is -0.159. The standard InChI is InChI=1S/C7H11F5N2S/c1-14(3-5(8)9)2-4(6(13)15)7(10,11)12/h4-5H,2-3H2,1H3,(H2,13,15). The summed E-state index contributed by atoms with van der Waals surface area (Å²) < 4.78 is 60.6. The van der Waals surface area contributed by atoms with Crippen LogP contribution in [-0.4, -0.2) is 42.6 Å². The number of hydrogen-bond donors (Lipinski definition) is 1. The van der Waals surface area contributed by atoms with Crippen LogP contribution in [0.3, 0.4) is 0 Å². The summed E-state index contributed by atoms with van der Waals surface area (Å²) in [7, 11) is 1.16. The molecule has 0 spiro atoms. The third-order valence-electron chi connectivity index (χ3n) is 1.68. The quantitative estimate of drug-likeness (QED) is 0.594. The Morgan fingerprint density at radius 1 is 1.33 bits per heavy atom. The molecule has 0 amide bonds. The minimum Gasteiger partial charge on any atom is -0.393 e.